The van der Waals surface area contributed by atoms with E-state index in [1.807, 2.05) is 11.9 Å². The van der Waals surface area contributed by atoms with E-state index in [9.17, 15) is 9.18 Å². The Balaban J connectivity index is 2.10. The Morgan fingerprint density at radius 2 is 2.17 bits per heavy atom. The standard InChI is InChI=1S/C14H18FNO2/c1-10-8-11(4-5-12(10)15)16(2)9-14(6-7-14)13(17)18-3/h4-5,8H,6-7,9H2,1-3H3. The molecule has 0 spiro atoms. The summed E-state index contributed by atoms with van der Waals surface area (Å²) >= 11 is 0. The smallest absolute Gasteiger partial charge is 0.313 e. The number of aryl methyl sites for hydroxylation is 1. The van der Waals surface area contributed by atoms with E-state index in [0.29, 0.717) is 12.1 Å². The lowest BCUT2D eigenvalue weighted by Gasteiger charge is -2.24. The van der Waals surface area contributed by atoms with Gasteiger partial charge in [-0.15, -0.1) is 0 Å². The maximum atomic E-state index is 13.2. The molecule has 0 bridgehead atoms. The van der Waals surface area contributed by atoms with Crippen molar-refractivity contribution in [2.75, 3.05) is 25.6 Å². The molecular formula is C14H18FNO2. The molecule has 0 amide bonds. The molecule has 0 saturated heterocycles. The Labute approximate surface area is 107 Å². The summed E-state index contributed by atoms with van der Waals surface area (Å²) in [6, 6.07) is 4.98. The van der Waals surface area contributed by atoms with Crippen molar-refractivity contribution < 1.29 is 13.9 Å². The predicted octanol–water partition coefficient (Wildman–Crippen LogP) is 2.52. The Morgan fingerprint density at radius 1 is 1.50 bits per heavy atom. The Morgan fingerprint density at radius 3 is 2.67 bits per heavy atom. The first-order valence-electron chi connectivity index (χ1n) is 6.04. The SMILES string of the molecule is COC(=O)C1(CN(C)c2ccc(F)c(C)c2)CC1. The predicted molar refractivity (Wildman–Crippen MR) is 68.1 cm³/mol. The monoisotopic (exact) mass is 251 g/mol. The van der Waals surface area contributed by atoms with Gasteiger partial charge in [0.25, 0.3) is 0 Å². The van der Waals surface area contributed by atoms with Crippen LogP contribution in [0.3, 0.4) is 0 Å². The number of carbonyl (C=O) groups excluding carboxylic acids is 1. The second kappa shape index (κ2) is 4.59. The summed E-state index contributed by atoms with van der Waals surface area (Å²) in [5.74, 6) is -0.352. The lowest BCUT2D eigenvalue weighted by molar-refractivity contribution is -0.146. The quantitative estimate of drug-likeness (QED) is 0.770. The number of rotatable bonds is 4. The number of hydrogen-bond acceptors (Lipinski definition) is 3. The fourth-order valence-electron chi connectivity index (χ4n) is 2.21. The molecule has 0 heterocycles. The van der Waals surface area contributed by atoms with Gasteiger partial charge in [0.15, 0.2) is 0 Å². The van der Waals surface area contributed by atoms with Crippen LogP contribution in [0.15, 0.2) is 18.2 Å². The number of anilines is 1. The van der Waals surface area contributed by atoms with Crippen molar-refractivity contribution in [1.82, 2.24) is 0 Å². The third kappa shape index (κ3) is 2.33. The number of benzene rings is 1. The molecule has 18 heavy (non-hydrogen) atoms. The van der Waals surface area contributed by atoms with E-state index in [-0.39, 0.29) is 17.2 Å². The van der Waals surface area contributed by atoms with Gasteiger partial charge in [0.2, 0.25) is 0 Å². The minimum Gasteiger partial charge on any atom is -0.469 e. The molecule has 2 rings (SSSR count). The lowest BCUT2D eigenvalue weighted by atomic mass is 10.1. The van der Waals surface area contributed by atoms with Gasteiger partial charge in [0, 0.05) is 19.3 Å². The highest BCUT2D eigenvalue weighted by Crippen LogP contribution is 2.47. The molecule has 4 heteroatoms. The second-order valence-corrected chi connectivity index (χ2v) is 5.06. The molecule has 3 nitrogen and oxygen atoms in total. The van der Waals surface area contributed by atoms with Crippen LogP contribution in [0.25, 0.3) is 0 Å². The summed E-state index contributed by atoms with van der Waals surface area (Å²) in [4.78, 5) is 13.7. The van der Waals surface area contributed by atoms with Crippen LogP contribution in [-0.2, 0) is 9.53 Å². The second-order valence-electron chi connectivity index (χ2n) is 5.06. The Hall–Kier alpha value is -1.58. The van der Waals surface area contributed by atoms with Crippen molar-refractivity contribution in [2.24, 2.45) is 5.41 Å². The first-order valence-corrected chi connectivity index (χ1v) is 6.04. The maximum Gasteiger partial charge on any atom is 0.313 e. The number of nitrogens with zero attached hydrogens (tertiary/aromatic N) is 1. The molecule has 0 N–H and O–H groups in total. The summed E-state index contributed by atoms with van der Waals surface area (Å²) in [5, 5.41) is 0. The van der Waals surface area contributed by atoms with E-state index in [2.05, 4.69) is 0 Å². The molecule has 1 fully saturated rings. The van der Waals surface area contributed by atoms with E-state index in [1.54, 1.807) is 19.1 Å². The molecule has 0 unspecified atom stereocenters. The lowest BCUT2D eigenvalue weighted by Crippen LogP contribution is -2.32. The molecule has 1 saturated carbocycles. The van der Waals surface area contributed by atoms with Crippen LogP contribution in [0.1, 0.15) is 18.4 Å². The zero-order valence-electron chi connectivity index (χ0n) is 11.0. The molecule has 98 valence electrons. The third-order valence-electron chi connectivity index (χ3n) is 3.59. The van der Waals surface area contributed by atoms with Gasteiger partial charge in [-0.25, -0.2) is 4.39 Å². The summed E-state index contributed by atoms with van der Waals surface area (Å²) in [6.45, 7) is 2.35. The minimum absolute atomic E-state index is 0.145. The fraction of sp³-hybridized carbons (Fsp3) is 0.500. The van der Waals surface area contributed by atoms with E-state index in [1.165, 1.54) is 13.2 Å². The van der Waals surface area contributed by atoms with Crippen LogP contribution < -0.4 is 4.90 Å². The average Bonchev–Trinajstić information content (AvgIpc) is 3.12. The molecule has 0 radical (unpaired) electrons. The van der Waals surface area contributed by atoms with Crippen molar-refractivity contribution in [3.63, 3.8) is 0 Å². The van der Waals surface area contributed by atoms with Crippen LogP contribution in [0, 0.1) is 18.2 Å². The summed E-state index contributed by atoms with van der Waals surface area (Å²) in [5.41, 5.74) is 1.18. The van der Waals surface area contributed by atoms with E-state index >= 15 is 0 Å². The summed E-state index contributed by atoms with van der Waals surface area (Å²) in [7, 11) is 3.33. The molecule has 1 aromatic rings. The highest BCUT2D eigenvalue weighted by molar-refractivity contribution is 5.80. The molecule has 1 aromatic carbocycles. The first kappa shape index (κ1) is 12.9. The van der Waals surface area contributed by atoms with Crippen LogP contribution in [0.5, 0.6) is 0 Å². The summed E-state index contributed by atoms with van der Waals surface area (Å²) < 4.78 is 18.0. The van der Waals surface area contributed by atoms with Crippen LogP contribution in [0.4, 0.5) is 10.1 Å². The normalized spacial score (nSPS) is 16.2. The van der Waals surface area contributed by atoms with Gasteiger partial charge in [0.05, 0.1) is 12.5 Å². The Bertz CT molecular complexity index is 469. The summed E-state index contributed by atoms with van der Waals surface area (Å²) in [6.07, 6.45) is 1.73. The van der Waals surface area contributed by atoms with Crippen molar-refractivity contribution >= 4 is 11.7 Å². The molecule has 0 atom stereocenters. The Kier molecular flexibility index (Phi) is 3.28. The van der Waals surface area contributed by atoms with E-state index in [0.717, 1.165) is 18.5 Å². The minimum atomic E-state index is -0.355. The van der Waals surface area contributed by atoms with Crippen molar-refractivity contribution in [3.05, 3.63) is 29.6 Å². The average molecular weight is 251 g/mol. The van der Waals surface area contributed by atoms with E-state index in [4.69, 9.17) is 4.74 Å². The van der Waals surface area contributed by atoms with Gasteiger partial charge in [-0.1, -0.05) is 0 Å². The van der Waals surface area contributed by atoms with Gasteiger partial charge in [-0.05, 0) is 43.5 Å². The third-order valence-corrected chi connectivity index (χ3v) is 3.59. The topological polar surface area (TPSA) is 29.5 Å². The highest BCUT2D eigenvalue weighted by Gasteiger charge is 2.51. The fourth-order valence-corrected chi connectivity index (χ4v) is 2.21. The molecule has 1 aliphatic rings. The van der Waals surface area contributed by atoms with Gasteiger partial charge in [-0.3, -0.25) is 4.79 Å². The molecular weight excluding hydrogens is 233 g/mol. The van der Waals surface area contributed by atoms with Crippen molar-refractivity contribution in [1.29, 1.82) is 0 Å². The van der Waals surface area contributed by atoms with Gasteiger partial charge in [0.1, 0.15) is 5.82 Å². The van der Waals surface area contributed by atoms with E-state index < -0.39 is 0 Å². The van der Waals surface area contributed by atoms with Gasteiger partial charge >= 0.3 is 5.97 Å². The molecule has 0 aromatic heterocycles. The van der Waals surface area contributed by atoms with Crippen molar-refractivity contribution in [2.45, 2.75) is 19.8 Å². The highest BCUT2D eigenvalue weighted by atomic mass is 19.1. The first-order chi connectivity index (χ1) is 8.48. The largest absolute Gasteiger partial charge is 0.469 e. The number of carbonyl (C=O) groups is 1. The number of esters is 1. The van der Waals surface area contributed by atoms with Crippen LogP contribution in [0.2, 0.25) is 0 Å². The zero-order valence-corrected chi connectivity index (χ0v) is 11.0. The number of ether oxygens (including phenoxy) is 1. The number of halogens is 1. The van der Waals surface area contributed by atoms with Crippen LogP contribution in [-0.4, -0.2) is 26.7 Å². The number of methoxy groups -OCH3 is 1. The molecule has 0 aliphatic heterocycles. The van der Waals surface area contributed by atoms with Crippen LogP contribution >= 0.6 is 0 Å². The zero-order chi connectivity index (χ0) is 13.3. The number of hydrogen-bond donors (Lipinski definition) is 0. The molecule has 1 aliphatic carbocycles. The maximum absolute atomic E-state index is 13.2. The van der Waals surface area contributed by atoms with Gasteiger partial charge < -0.3 is 9.64 Å². The van der Waals surface area contributed by atoms with Gasteiger partial charge in [-0.2, -0.15) is 0 Å². The van der Waals surface area contributed by atoms with Crippen molar-refractivity contribution in [3.8, 4) is 0 Å².